The highest BCUT2D eigenvalue weighted by Crippen LogP contribution is 2.39. The fraction of sp³-hybridized carbons (Fsp3) is 0.222. The highest BCUT2D eigenvalue weighted by Gasteiger charge is 2.31. The van der Waals surface area contributed by atoms with Crippen LogP contribution in [0.4, 0.5) is 0 Å². The van der Waals surface area contributed by atoms with Crippen LogP contribution in [0.15, 0.2) is 45.6 Å². The van der Waals surface area contributed by atoms with Crippen LogP contribution in [0.25, 0.3) is 21.9 Å². The van der Waals surface area contributed by atoms with Gasteiger partial charge in [0.05, 0.1) is 17.4 Å². The Hall–Kier alpha value is -3.02. The number of hydrogen-bond donors (Lipinski definition) is 0. The van der Waals surface area contributed by atoms with Gasteiger partial charge in [-0.2, -0.15) is 0 Å². The number of benzene rings is 2. The highest BCUT2D eigenvalue weighted by molar-refractivity contribution is 5.94. The van der Waals surface area contributed by atoms with Crippen LogP contribution in [-0.2, 0) is 9.53 Å². The number of ether oxygens (including phenoxy) is 3. The molecule has 1 aromatic heterocycles. The average molecular weight is 326 g/mol. The Labute approximate surface area is 136 Å². The zero-order valence-corrected chi connectivity index (χ0v) is 12.9. The number of carbonyl (C=O) groups is 1. The van der Waals surface area contributed by atoms with Crippen LogP contribution in [0.3, 0.4) is 0 Å². The Morgan fingerprint density at radius 1 is 1.21 bits per heavy atom. The SMILES string of the molecule is CCOC(=O)C1COc2c(ccc3c(=O)c4ccccc4oc23)O1. The smallest absolute Gasteiger partial charge is 0.350 e. The molecule has 0 radical (unpaired) electrons. The van der Waals surface area contributed by atoms with Gasteiger partial charge >= 0.3 is 5.97 Å². The molecule has 6 heteroatoms. The summed E-state index contributed by atoms with van der Waals surface area (Å²) in [5.74, 6) is 0.198. The fourth-order valence-electron chi connectivity index (χ4n) is 2.75. The molecule has 1 atom stereocenters. The Morgan fingerprint density at radius 2 is 2.04 bits per heavy atom. The molecular formula is C18H14O6. The van der Waals surface area contributed by atoms with Crippen LogP contribution >= 0.6 is 0 Å². The van der Waals surface area contributed by atoms with Gasteiger partial charge in [0.2, 0.25) is 17.3 Å². The molecule has 2 heterocycles. The molecule has 3 aromatic rings. The first kappa shape index (κ1) is 14.6. The minimum Gasteiger partial charge on any atom is -0.482 e. The molecule has 1 unspecified atom stereocenters. The average Bonchev–Trinajstić information content (AvgIpc) is 2.61. The number of esters is 1. The molecule has 0 saturated carbocycles. The summed E-state index contributed by atoms with van der Waals surface area (Å²) >= 11 is 0. The minimum atomic E-state index is -0.831. The third kappa shape index (κ3) is 2.19. The first-order valence-corrected chi connectivity index (χ1v) is 7.63. The van der Waals surface area contributed by atoms with Gasteiger partial charge in [-0.1, -0.05) is 12.1 Å². The van der Waals surface area contributed by atoms with E-state index in [1.807, 2.05) is 0 Å². The predicted octanol–water partition coefficient (Wildman–Crippen LogP) is 2.65. The molecule has 1 aliphatic heterocycles. The predicted molar refractivity (Wildman–Crippen MR) is 86.5 cm³/mol. The standard InChI is InChI=1S/C18H14O6/c1-2-21-18(20)14-9-22-17-13(23-14)8-7-11-15(19)10-5-3-4-6-12(10)24-16(11)17/h3-8,14H,2,9H2,1H3. The molecule has 0 aliphatic carbocycles. The molecule has 0 amide bonds. The molecule has 24 heavy (non-hydrogen) atoms. The van der Waals surface area contributed by atoms with Gasteiger partial charge in [0.15, 0.2) is 11.3 Å². The fourth-order valence-corrected chi connectivity index (χ4v) is 2.75. The Balaban J connectivity index is 1.85. The van der Waals surface area contributed by atoms with Crippen molar-refractivity contribution in [1.82, 2.24) is 0 Å². The number of hydrogen-bond acceptors (Lipinski definition) is 6. The molecule has 0 fully saturated rings. The monoisotopic (exact) mass is 326 g/mol. The molecule has 1 aliphatic rings. The van der Waals surface area contributed by atoms with E-state index in [-0.39, 0.29) is 18.6 Å². The van der Waals surface area contributed by atoms with Crippen LogP contribution in [-0.4, -0.2) is 25.3 Å². The number of rotatable bonds is 2. The van der Waals surface area contributed by atoms with Gasteiger partial charge in [0.25, 0.3) is 0 Å². The van der Waals surface area contributed by atoms with Gasteiger partial charge in [-0.25, -0.2) is 4.79 Å². The lowest BCUT2D eigenvalue weighted by Gasteiger charge is -2.25. The number of carbonyl (C=O) groups excluding carboxylic acids is 1. The van der Waals surface area contributed by atoms with Crippen molar-refractivity contribution in [2.75, 3.05) is 13.2 Å². The maximum atomic E-state index is 12.6. The van der Waals surface area contributed by atoms with E-state index in [1.165, 1.54) is 0 Å². The first-order chi connectivity index (χ1) is 11.7. The van der Waals surface area contributed by atoms with Crippen LogP contribution < -0.4 is 14.9 Å². The van der Waals surface area contributed by atoms with Crippen molar-refractivity contribution in [1.29, 1.82) is 0 Å². The summed E-state index contributed by atoms with van der Waals surface area (Å²) in [7, 11) is 0. The zero-order valence-electron chi connectivity index (χ0n) is 12.9. The van der Waals surface area contributed by atoms with E-state index in [2.05, 4.69) is 0 Å². The lowest BCUT2D eigenvalue weighted by molar-refractivity contribution is -0.153. The molecule has 0 bridgehead atoms. The van der Waals surface area contributed by atoms with Crippen LogP contribution in [0.5, 0.6) is 11.5 Å². The van der Waals surface area contributed by atoms with Gasteiger partial charge in [-0.3, -0.25) is 4.79 Å². The van der Waals surface area contributed by atoms with Crippen LogP contribution in [0, 0.1) is 0 Å². The topological polar surface area (TPSA) is 75.0 Å². The van der Waals surface area contributed by atoms with E-state index in [9.17, 15) is 9.59 Å². The summed E-state index contributed by atoms with van der Waals surface area (Å²) in [5.41, 5.74) is 0.656. The van der Waals surface area contributed by atoms with Crippen molar-refractivity contribution in [3.63, 3.8) is 0 Å². The highest BCUT2D eigenvalue weighted by atomic mass is 16.6. The van der Waals surface area contributed by atoms with Crippen LogP contribution in [0.1, 0.15) is 6.92 Å². The Kier molecular flexibility index (Phi) is 3.37. The van der Waals surface area contributed by atoms with Crippen molar-refractivity contribution in [2.24, 2.45) is 0 Å². The number of fused-ring (bicyclic) bond motifs is 4. The van der Waals surface area contributed by atoms with Crippen molar-refractivity contribution in [2.45, 2.75) is 13.0 Å². The van der Waals surface area contributed by atoms with Gasteiger partial charge in [0, 0.05) is 0 Å². The molecule has 0 N–H and O–H groups in total. The molecule has 4 rings (SSSR count). The Bertz CT molecular complexity index is 1000. The molecule has 6 nitrogen and oxygen atoms in total. The lowest BCUT2D eigenvalue weighted by Crippen LogP contribution is -2.37. The molecule has 0 saturated heterocycles. The Morgan fingerprint density at radius 3 is 2.88 bits per heavy atom. The van der Waals surface area contributed by atoms with Gasteiger partial charge < -0.3 is 18.6 Å². The van der Waals surface area contributed by atoms with Crippen molar-refractivity contribution >= 4 is 27.9 Å². The maximum Gasteiger partial charge on any atom is 0.350 e. The van der Waals surface area contributed by atoms with Crippen LogP contribution in [0.2, 0.25) is 0 Å². The summed E-state index contributed by atoms with van der Waals surface area (Å²) < 4.78 is 22.1. The molecule has 2 aromatic carbocycles. The van der Waals surface area contributed by atoms with E-state index in [1.54, 1.807) is 43.3 Å². The lowest BCUT2D eigenvalue weighted by atomic mass is 10.1. The van der Waals surface area contributed by atoms with Crippen molar-refractivity contribution in [3.8, 4) is 11.5 Å². The van der Waals surface area contributed by atoms with Gasteiger partial charge in [-0.05, 0) is 31.2 Å². The van der Waals surface area contributed by atoms with E-state index in [0.29, 0.717) is 33.4 Å². The summed E-state index contributed by atoms with van der Waals surface area (Å²) in [4.78, 5) is 24.4. The molecule has 122 valence electrons. The minimum absolute atomic E-state index is 0.00147. The third-order valence-electron chi connectivity index (χ3n) is 3.86. The normalized spacial score (nSPS) is 16.3. The first-order valence-electron chi connectivity index (χ1n) is 7.63. The summed E-state index contributed by atoms with van der Waals surface area (Å²) in [5, 5.41) is 0.914. The van der Waals surface area contributed by atoms with E-state index in [0.717, 1.165) is 0 Å². The second-order valence-corrected chi connectivity index (χ2v) is 5.37. The summed E-state index contributed by atoms with van der Waals surface area (Å²) in [6.07, 6.45) is -0.831. The third-order valence-corrected chi connectivity index (χ3v) is 3.86. The summed E-state index contributed by atoms with van der Waals surface area (Å²) in [6.45, 7) is 1.99. The van der Waals surface area contributed by atoms with Crippen molar-refractivity contribution < 1.29 is 23.4 Å². The molecular weight excluding hydrogens is 312 g/mol. The zero-order chi connectivity index (χ0) is 16.7. The summed E-state index contributed by atoms with van der Waals surface area (Å²) in [6, 6.07) is 10.2. The second-order valence-electron chi connectivity index (χ2n) is 5.37. The van der Waals surface area contributed by atoms with E-state index in [4.69, 9.17) is 18.6 Å². The van der Waals surface area contributed by atoms with Gasteiger partial charge in [-0.15, -0.1) is 0 Å². The van der Waals surface area contributed by atoms with E-state index < -0.39 is 12.1 Å². The second kappa shape index (κ2) is 5.56. The van der Waals surface area contributed by atoms with Crippen molar-refractivity contribution in [3.05, 3.63) is 46.6 Å². The quantitative estimate of drug-likeness (QED) is 0.532. The molecule has 0 spiro atoms. The largest absolute Gasteiger partial charge is 0.482 e. The number of para-hydroxylation sites is 1. The van der Waals surface area contributed by atoms with E-state index >= 15 is 0 Å². The maximum absolute atomic E-state index is 12.6. The van der Waals surface area contributed by atoms with Gasteiger partial charge in [0.1, 0.15) is 12.2 Å².